The Hall–Kier alpha value is -1.85. The summed E-state index contributed by atoms with van der Waals surface area (Å²) < 4.78 is 13.5. The van der Waals surface area contributed by atoms with Crippen molar-refractivity contribution in [3.63, 3.8) is 0 Å². The van der Waals surface area contributed by atoms with Crippen LogP contribution in [0.4, 0.5) is 0 Å². The normalized spacial score (nSPS) is 20.7. The molecule has 5 nitrogen and oxygen atoms in total. The number of nitrogens with zero attached hydrogens (tertiary/aromatic N) is 1. The number of carbonyl (C=O) groups excluding carboxylic acids is 1. The number of fused-ring (bicyclic) bond motifs is 1. The zero-order valence-corrected chi connectivity index (χ0v) is 14.1. The van der Waals surface area contributed by atoms with Gasteiger partial charge in [-0.2, -0.15) is 0 Å². The lowest BCUT2D eigenvalue weighted by molar-refractivity contribution is -0.180. The molecule has 128 valence electrons. The van der Waals surface area contributed by atoms with Crippen molar-refractivity contribution in [1.82, 2.24) is 9.88 Å². The number of para-hydroxylation sites is 1. The van der Waals surface area contributed by atoms with E-state index in [9.17, 15) is 4.79 Å². The molecule has 2 aromatic rings. The van der Waals surface area contributed by atoms with E-state index in [-0.39, 0.29) is 17.7 Å². The highest BCUT2D eigenvalue weighted by molar-refractivity contribution is 5.86. The summed E-state index contributed by atoms with van der Waals surface area (Å²) in [6.07, 6.45) is 5.61. The second-order valence-corrected chi connectivity index (χ2v) is 6.91. The van der Waals surface area contributed by atoms with E-state index >= 15 is 0 Å². The Morgan fingerprint density at radius 3 is 2.71 bits per heavy atom. The van der Waals surface area contributed by atoms with E-state index in [1.54, 1.807) is 0 Å². The number of hydrogen-bond donors (Lipinski definition) is 1. The molecule has 1 saturated carbocycles. The lowest BCUT2D eigenvalue weighted by atomic mass is 9.90. The summed E-state index contributed by atoms with van der Waals surface area (Å²) in [5.74, 6) is -0.292. The van der Waals surface area contributed by atoms with E-state index in [1.807, 2.05) is 16.7 Å². The third-order valence-electron chi connectivity index (χ3n) is 5.23. The van der Waals surface area contributed by atoms with Crippen LogP contribution >= 0.6 is 0 Å². The van der Waals surface area contributed by atoms with E-state index in [4.69, 9.17) is 9.47 Å². The van der Waals surface area contributed by atoms with Gasteiger partial charge in [-0.25, -0.2) is 0 Å². The van der Waals surface area contributed by atoms with Crippen LogP contribution in [-0.4, -0.2) is 35.5 Å². The average Bonchev–Trinajstić information content (AvgIpc) is 3.16. The molecular weight excluding hydrogens is 304 g/mol. The Bertz CT molecular complexity index is 736. The van der Waals surface area contributed by atoms with Gasteiger partial charge in [0.2, 0.25) is 5.91 Å². The number of benzene rings is 1. The molecule has 1 aliphatic carbocycles. The standard InChI is InChI=1S/C19H24N2O3/c1-14-12-21(17-5-3-2-4-16(14)17)13-18(22)20-15-6-8-19(9-7-15)23-10-11-24-19/h2-5,12,15H,6-11,13H2,1H3,(H,20,22). The largest absolute Gasteiger partial charge is 0.352 e. The summed E-state index contributed by atoms with van der Waals surface area (Å²) in [7, 11) is 0. The van der Waals surface area contributed by atoms with E-state index < -0.39 is 0 Å². The molecule has 1 aliphatic heterocycles. The fourth-order valence-electron chi connectivity index (χ4n) is 3.98. The van der Waals surface area contributed by atoms with Gasteiger partial charge in [-0.15, -0.1) is 0 Å². The SMILES string of the molecule is Cc1cn(CC(=O)NC2CCC3(CC2)OCCO3)c2ccccc12. The molecule has 1 aromatic carbocycles. The highest BCUT2D eigenvalue weighted by atomic mass is 16.7. The third-order valence-corrected chi connectivity index (χ3v) is 5.23. The summed E-state index contributed by atoms with van der Waals surface area (Å²) in [5, 5.41) is 4.39. The van der Waals surface area contributed by atoms with Crippen LogP contribution in [-0.2, 0) is 20.8 Å². The fourth-order valence-corrected chi connectivity index (χ4v) is 3.98. The fraction of sp³-hybridized carbons (Fsp3) is 0.526. The van der Waals surface area contributed by atoms with Crippen LogP contribution in [0, 0.1) is 6.92 Å². The molecule has 5 heteroatoms. The topological polar surface area (TPSA) is 52.5 Å². The van der Waals surface area contributed by atoms with E-state index in [2.05, 4.69) is 30.6 Å². The Balaban J connectivity index is 1.37. The summed E-state index contributed by atoms with van der Waals surface area (Å²) in [4.78, 5) is 12.5. The highest BCUT2D eigenvalue weighted by Crippen LogP contribution is 2.35. The lowest BCUT2D eigenvalue weighted by Gasteiger charge is -2.35. The summed E-state index contributed by atoms with van der Waals surface area (Å²) in [6.45, 7) is 3.83. The van der Waals surface area contributed by atoms with Gasteiger partial charge in [0.1, 0.15) is 6.54 Å². The highest BCUT2D eigenvalue weighted by Gasteiger charge is 2.40. The van der Waals surface area contributed by atoms with Gasteiger partial charge in [-0.05, 0) is 31.4 Å². The van der Waals surface area contributed by atoms with E-state index in [0.717, 1.165) is 31.2 Å². The van der Waals surface area contributed by atoms with Gasteiger partial charge in [0.15, 0.2) is 5.79 Å². The number of aromatic nitrogens is 1. The number of amides is 1. The van der Waals surface area contributed by atoms with Gasteiger partial charge < -0.3 is 19.4 Å². The van der Waals surface area contributed by atoms with Crippen molar-refractivity contribution >= 4 is 16.8 Å². The minimum absolute atomic E-state index is 0.0740. The molecule has 0 unspecified atom stereocenters. The van der Waals surface area contributed by atoms with E-state index in [1.165, 1.54) is 10.9 Å². The maximum atomic E-state index is 12.5. The maximum absolute atomic E-state index is 12.5. The number of ether oxygens (including phenoxy) is 2. The summed E-state index contributed by atoms with van der Waals surface area (Å²) in [6, 6.07) is 8.43. The molecule has 2 heterocycles. The predicted molar refractivity (Wildman–Crippen MR) is 91.7 cm³/mol. The number of carbonyl (C=O) groups is 1. The first-order chi connectivity index (χ1) is 11.7. The quantitative estimate of drug-likeness (QED) is 0.942. The minimum atomic E-state index is -0.366. The molecule has 0 radical (unpaired) electrons. The second-order valence-electron chi connectivity index (χ2n) is 6.91. The number of hydrogen-bond acceptors (Lipinski definition) is 3. The van der Waals surface area contributed by atoms with Crippen LogP contribution in [0.1, 0.15) is 31.2 Å². The smallest absolute Gasteiger partial charge is 0.240 e. The summed E-state index contributed by atoms with van der Waals surface area (Å²) in [5.41, 5.74) is 2.31. The molecule has 4 rings (SSSR count). The van der Waals surface area contributed by atoms with Gasteiger partial charge >= 0.3 is 0 Å². The van der Waals surface area contributed by atoms with Gasteiger partial charge in [0.05, 0.1) is 13.2 Å². The van der Waals surface area contributed by atoms with Crippen molar-refractivity contribution in [3.8, 4) is 0 Å². The predicted octanol–water partition coefficient (Wildman–Crippen LogP) is 2.75. The third kappa shape index (κ3) is 2.94. The molecule has 0 atom stereocenters. The van der Waals surface area contributed by atoms with Crippen LogP contribution in [0.2, 0.25) is 0 Å². The summed E-state index contributed by atoms with van der Waals surface area (Å²) >= 11 is 0. The first kappa shape index (κ1) is 15.7. The van der Waals surface area contributed by atoms with Gasteiger partial charge in [0.25, 0.3) is 0 Å². The van der Waals surface area contributed by atoms with Crippen molar-refractivity contribution in [1.29, 1.82) is 0 Å². The van der Waals surface area contributed by atoms with Crippen molar-refractivity contribution in [3.05, 3.63) is 36.0 Å². The van der Waals surface area contributed by atoms with Gasteiger partial charge in [0, 0.05) is 36.0 Å². The molecule has 1 saturated heterocycles. The average molecular weight is 328 g/mol. The number of aryl methyl sites for hydroxylation is 1. The van der Waals surface area contributed by atoms with Crippen molar-refractivity contribution in [2.24, 2.45) is 0 Å². The molecule has 1 aromatic heterocycles. The zero-order valence-electron chi connectivity index (χ0n) is 14.1. The first-order valence-electron chi connectivity index (χ1n) is 8.77. The zero-order chi connectivity index (χ0) is 16.6. The van der Waals surface area contributed by atoms with Crippen LogP contribution in [0.5, 0.6) is 0 Å². The molecular formula is C19H24N2O3. The van der Waals surface area contributed by atoms with Gasteiger partial charge in [-0.3, -0.25) is 4.79 Å². The Labute approximate surface area is 141 Å². The van der Waals surface area contributed by atoms with E-state index in [0.29, 0.717) is 19.8 Å². The first-order valence-corrected chi connectivity index (χ1v) is 8.77. The number of rotatable bonds is 3. The molecule has 2 fully saturated rings. The van der Waals surface area contributed by atoms with Crippen molar-refractivity contribution in [2.45, 2.75) is 51.0 Å². The van der Waals surface area contributed by atoms with Crippen LogP contribution in [0.25, 0.3) is 10.9 Å². The van der Waals surface area contributed by atoms with Gasteiger partial charge in [-0.1, -0.05) is 18.2 Å². The Kier molecular flexibility index (Phi) is 4.06. The number of nitrogens with one attached hydrogen (secondary N) is 1. The second kappa shape index (κ2) is 6.22. The van der Waals surface area contributed by atoms with Crippen LogP contribution < -0.4 is 5.32 Å². The lowest BCUT2D eigenvalue weighted by Crippen LogP contribution is -2.44. The van der Waals surface area contributed by atoms with Crippen molar-refractivity contribution in [2.75, 3.05) is 13.2 Å². The maximum Gasteiger partial charge on any atom is 0.240 e. The van der Waals surface area contributed by atoms with Crippen LogP contribution in [0.15, 0.2) is 30.5 Å². The monoisotopic (exact) mass is 328 g/mol. The molecule has 1 amide bonds. The Morgan fingerprint density at radius 1 is 1.25 bits per heavy atom. The molecule has 0 bridgehead atoms. The Morgan fingerprint density at radius 2 is 1.96 bits per heavy atom. The molecule has 1 N–H and O–H groups in total. The molecule has 1 spiro atoms. The minimum Gasteiger partial charge on any atom is -0.352 e. The molecule has 24 heavy (non-hydrogen) atoms. The molecule has 2 aliphatic rings. The van der Waals surface area contributed by atoms with Crippen molar-refractivity contribution < 1.29 is 14.3 Å². The van der Waals surface area contributed by atoms with Crippen LogP contribution in [0.3, 0.4) is 0 Å².